The number of nitrogens with zero attached hydrogens (tertiary/aromatic N) is 2. The van der Waals surface area contributed by atoms with E-state index >= 15 is 0 Å². The van der Waals surface area contributed by atoms with Crippen molar-refractivity contribution in [3.8, 4) is 0 Å². The topological polar surface area (TPSA) is 78.0 Å². The fourth-order valence-electron chi connectivity index (χ4n) is 2.79. The molecule has 2 heterocycles. The quantitative estimate of drug-likeness (QED) is 0.789. The largest absolute Gasteiger partial charge is 0.466 e. The number of hydrogen-bond donors (Lipinski definition) is 0. The molecule has 2 aromatic rings. The van der Waals surface area contributed by atoms with E-state index < -0.39 is 11.9 Å². The highest BCUT2D eigenvalue weighted by Crippen LogP contribution is 2.29. The molecule has 0 saturated heterocycles. The first-order valence-corrected chi connectivity index (χ1v) is 7.67. The monoisotopic (exact) mass is 342 g/mol. The van der Waals surface area contributed by atoms with Gasteiger partial charge in [-0.1, -0.05) is 6.07 Å². The van der Waals surface area contributed by atoms with Gasteiger partial charge in [-0.2, -0.15) is 0 Å². The molecule has 0 aliphatic carbocycles. The lowest BCUT2D eigenvalue weighted by molar-refractivity contribution is -0.140. The van der Waals surface area contributed by atoms with Gasteiger partial charge in [0.25, 0.3) is 0 Å². The molecule has 0 bridgehead atoms. The van der Waals surface area contributed by atoms with Crippen molar-refractivity contribution in [3.63, 3.8) is 0 Å². The molecule has 0 radical (unpaired) electrons. The Kier molecular flexibility index (Phi) is 4.67. The van der Waals surface area contributed by atoms with Crippen LogP contribution in [0.4, 0.5) is 5.69 Å². The van der Waals surface area contributed by atoms with E-state index in [2.05, 4.69) is 4.98 Å². The summed E-state index contributed by atoms with van der Waals surface area (Å²) in [6, 6.07) is 7.55. The minimum atomic E-state index is -0.625. The molecule has 1 aromatic heterocycles. The first-order valence-electron chi connectivity index (χ1n) is 7.67. The maximum Gasteiger partial charge on any atom is 0.355 e. The van der Waals surface area contributed by atoms with Crippen molar-refractivity contribution in [2.75, 3.05) is 32.5 Å². The number of fused-ring (bicyclic) bond motifs is 1. The molecule has 0 atom stereocenters. The fraction of sp³-hybridized carbons (Fsp3) is 0.278. The molecule has 130 valence electrons. The van der Waals surface area contributed by atoms with Crippen LogP contribution < -0.4 is 4.90 Å². The number of anilines is 1. The number of rotatable bonds is 3. The Balaban J connectivity index is 2.13. The van der Waals surface area contributed by atoms with E-state index in [1.807, 2.05) is 31.2 Å². The van der Waals surface area contributed by atoms with E-state index in [9.17, 15) is 9.59 Å². The van der Waals surface area contributed by atoms with Crippen molar-refractivity contribution in [2.45, 2.75) is 6.92 Å². The van der Waals surface area contributed by atoms with Gasteiger partial charge in [0.15, 0.2) is 0 Å². The van der Waals surface area contributed by atoms with Crippen LogP contribution in [0.2, 0.25) is 0 Å². The minimum absolute atomic E-state index is 0.0153. The third-order valence-electron chi connectivity index (χ3n) is 4.09. The molecular formula is C18H18N2O5. The minimum Gasteiger partial charge on any atom is -0.466 e. The van der Waals surface area contributed by atoms with Gasteiger partial charge in [0.2, 0.25) is 0 Å². The molecule has 0 amide bonds. The van der Waals surface area contributed by atoms with Crippen molar-refractivity contribution in [1.82, 2.24) is 4.98 Å². The van der Waals surface area contributed by atoms with E-state index in [1.165, 1.54) is 14.2 Å². The summed E-state index contributed by atoms with van der Waals surface area (Å²) in [5.41, 5.74) is 2.80. The van der Waals surface area contributed by atoms with Crippen molar-refractivity contribution < 1.29 is 23.8 Å². The maximum atomic E-state index is 12.3. The number of benzene rings is 1. The highest BCUT2D eigenvalue weighted by Gasteiger charge is 2.32. The van der Waals surface area contributed by atoms with Crippen molar-refractivity contribution in [3.05, 3.63) is 47.3 Å². The third kappa shape index (κ3) is 3.06. The second kappa shape index (κ2) is 6.90. The summed E-state index contributed by atoms with van der Waals surface area (Å²) in [4.78, 5) is 30.3. The van der Waals surface area contributed by atoms with Crippen LogP contribution in [0.15, 0.2) is 41.7 Å². The van der Waals surface area contributed by atoms with Gasteiger partial charge in [0, 0.05) is 17.3 Å². The molecule has 3 rings (SSSR count). The summed E-state index contributed by atoms with van der Waals surface area (Å²) in [6.07, 6.45) is 1.73. The Morgan fingerprint density at radius 3 is 2.64 bits per heavy atom. The van der Waals surface area contributed by atoms with E-state index in [0.29, 0.717) is 5.69 Å². The smallest absolute Gasteiger partial charge is 0.355 e. The molecule has 0 fully saturated rings. The molecule has 0 unspecified atom stereocenters. The predicted octanol–water partition coefficient (Wildman–Crippen LogP) is 1.94. The van der Waals surface area contributed by atoms with Gasteiger partial charge >= 0.3 is 11.9 Å². The lowest BCUT2D eigenvalue weighted by atomic mass is 10.1. The first kappa shape index (κ1) is 16.9. The average Bonchev–Trinajstić information content (AvgIpc) is 2.66. The Morgan fingerprint density at radius 1 is 1.16 bits per heavy atom. The van der Waals surface area contributed by atoms with Gasteiger partial charge in [0.1, 0.15) is 12.4 Å². The van der Waals surface area contributed by atoms with Crippen LogP contribution in [0.5, 0.6) is 0 Å². The number of methoxy groups -OCH3 is 2. The number of aromatic nitrogens is 1. The van der Waals surface area contributed by atoms with Gasteiger partial charge < -0.3 is 19.1 Å². The maximum absolute atomic E-state index is 12.3. The number of esters is 2. The molecule has 1 aromatic carbocycles. The van der Waals surface area contributed by atoms with Crippen LogP contribution in [0.3, 0.4) is 0 Å². The van der Waals surface area contributed by atoms with Crippen LogP contribution in [0.25, 0.3) is 10.9 Å². The molecule has 0 saturated carbocycles. The highest BCUT2D eigenvalue weighted by molar-refractivity contribution is 6.03. The molecule has 0 N–H and O–H groups in total. The zero-order valence-corrected chi connectivity index (χ0v) is 14.2. The summed E-state index contributed by atoms with van der Waals surface area (Å²) in [5.74, 6) is -1.25. The van der Waals surface area contributed by atoms with Crippen molar-refractivity contribution in [2.24, 2.45) is 0 Å². The molecule has 1 aliphatic heterocycles. The van der Waals surface area contributed by atoms with Crippen LogP contribution >= 0.6 is 0 Å². The summed E-state index contributed by atoms with van der Waals surface area (Å²) in [6.45, 7) is 2.10. The van der Waals surface area contributed by atoms with Crippen LogP contribution in [-0.2, 0) is 23.8 Å². The van der Waals surface area contributed by atoms with E-state index in [0.717, 1.165) is 16.5 Å². The van der Waals surface area contributed by atoms with Gasteiger partial charge in [-0.3, -0.25) is 4.98 Å². The normalized spacial score (nSPS) is 14.6. The summed E-state index contributed by atoms with van der Waals surface area (Å²) in [7, 11) is 2.52. The Morgan fingerprint density at radius 2 is 1.92 bits per heavy atom. The zero-order valence-electron chi connectivity index (χ0n) is 14.2. The molecule has 7 nitrogen and oxygen atoms in total. The number of carbonyl (C=O) groups excluding carboxylic acids is 2. The summed E-state index contributed by atoms with van der Waals surface area (Å²) < 4.78 is 15.1. The second-order valence-electron chi connectivity index (χ2n) is 5.55. The molecule has 1 aliphatic rings. The lowest BCUT2D eigenvalue weighted by Gasteiger charge is -2.31. The second-order valence-corrected chi connectivity index (χ2v) is 5.55. The van der Waals surface area contributed by atoms with Crippen molar-refractivity contribution >= 4 is 28.5 Å². The van der Waals surface area contributed by atoms with Crippen molar-refractivity contribution in [1.29, 1.82) is 0 Å². The van der Waals surface area contributed by atoms with Gasteiger partial charge in [-0.15, -0.1) is 0 Å². The number of aryl methyl sites for hydroxylation is 1. The number of carbonyl (C=O) groups is 2. The average molecular weight is 342 g/mol. The Hall–Kier alpha value is -2.93. The van der Waals surface area contributed by atoms with E-state index in [1.54, 1.807) is 11.1 Å². The van der Waals surface area contributed by atoms with Gasteiger partial charge in [0.05, 0.1) is 31.9 Å². The van der Waals surface area contributed by atoms with Gasteiger partial charge in [-0.25, -0.2) is 9.59 Å². The molecular weight excluding hydrogens is 324 g/mol. The standard InChI is InChI=1S/C18H18N2O5/c1-11-6-7-19-15-8-12(4-5-13(11)15)20-10-25-9-14(17(21)23-2)16(20)18(22)24-3/h4-8H,9-10H2,1-3H3. The zero-order chi connectivity index (χ0) is 18.0. The molecule has 25 heavy (non-hydrogen) atoms. The van der Waals surface area contributed by atoms with Gasteiger partial charge in [-0.05, 0) is 30.7 Å². The SMILES string of the molecule is COC(=O)C1=C(C(=O)OC)N(c2ccc3c(C)ccnc3c2)COC1. The highest BCUT2D eigenvalue weighted by atomic mass is 16.5. The van der Waals surface area contributed by atoms with Crippen LogP contribution in [0.1, 0.15) is 5.56 Å². The fourth-order valence-corrected chi connectivity index (χ4v) is 2.79. The molecule has 0 spiro atoms. The number of pyridine rings is 1. The van der Waals surface area contributed by atoms with E-state index in [-0.39, 0.29) is 24.6 Å². The third-order valence-corrected chi connectivity index (χ3v) is 4.09. The number of ether oxygens (including phenoxy) is 3. The Labute approximate surface area is 144 Å². The Bertz CT molecular complexity index is 875. The van der Waals surface area contributed by atoms with E-state index in [4.69, 9.17) is 14.2 Å². The van der Waals surface area contributed by atoms with Crippen LogP contribution in [-0.4, -0.2) is 44.5 Å². The molecule has 7 heteroatoms. The predicted molar refractivity (Wildman–Crippen MR) is 90.8 cm³/mol. The lowest BCUT2D eigenvalue weighted by Crippen LogP contribution is -2.38. The summed E-state index contributed by atoms with van der Waals surface area (Å²) in [5, 5.41) is 1.01. The summed E-state index contributed by atoms with van der Waals surface area (Å²) >= 11 is 0. The first-order chi connectivity index (χ1) is 12.1. The van der Waals surface area contributed by atoms with Crippen LogP contribution in [0, 0.1) is 6.92 Å². The number of hydrogen-bond acceptors (Lipinski definition) is 7.